The second kappa shape index (κ2) is 3.62. The molecule has 0 N–H and O–H groups in total. The number of hydrogen-bond donors (Lipinski definition) is 0. The van der Waals surface area contributed by atoms with Gasteiger partial charge < -0.3 is 4.48 Å². The molecule has 0 aliphatic carbocycles. The molecule has 0 spiro atoms. The van der Waals surface area contributed by atoms with Crippen LogP contribution in [0.2, 0.25) is 0 Å². The molecule has 0 saturated carbocycles. The van der Waals surface area contributed by atoms with E-state index < -0.39 is 0 Å². The molecule has 3 atom stereocenters. The number of quaternary nitrogens is 1. The minimum absolute atomic E-state index is 0.223. The first-order valence-electron chi connectivity index (χ1n) is 4.97. The highest BCUT2D eigenvalue weighted by molar-refractivity contribution is 5.81. The van der Waals surface area contributed by atoms with Crippen LogP contribution < -0.4 is 0 Å². The topological polar surface area (TPSA) is 17.1 Å². The van der Waals surface area contributed by atoms with E-state index in [0.717, 1.165) is 24.0 Å². The lowest BCUT2D eigenvalue weighted by atomic mass is 9.91. The number of ketones is 1. The molecule has 2 nitrogen and oxygen atoms in total. The van der Waals surface area contributed by atoms with E-state index >= 15 is 0 Å². The Balaban J connectivity index is 2.75. The molecule has 3 unspecified atom stereocenters. The number of piperidine rings is 1. The van der Waals surface area contributed by atoms with Crippen molar-refractivity contribution in [1.29, 1.82) is 0 Å². The summed E-state index contributed by atoms with van der Waals surface area (Å²) in [5.74, 6) is 0.647. The third-order valence-corrected chi connectivity index (χ3v) is 3.35. The number of likely N-dealkylation sites (N-methyl/N-ethyl adjacent to an activating group) is 1. The van der Waals surface area contributed by atoms with Gasteiger partial charge in [0.15, 0.2) is 0 Å². The molecule has 74 valence electrons. The van der Waals surface area contributed by atoms with E-state index in [0.29, 0.717) is 11.8 Å². The molecule has 0 radical (unpaired) electrons. The number of hydrogen-bond acceptors (Lipinski definition) is 1. The van der Waals surface area contributed by atoms with Gasteiger partial charge in [0.2, 0.25) is 0 Å². The molecule has 0 amide bonds. The zero-order chi connectivity index (χ0) is 10.1. The predicted molar refractivity (Wildman–Crippen MR) is 54.4 cm³/mol. The van der Waals surface area contributed by atoms with E-state index in [-0.39, 0.29) is 5.92 Å². The molecule has 0 aromatic heterocycles. The first-order chi connectivity index (χ1) is 5.99. The normalized spacial score (nSPS) is 40.4. The number of Topliss-reactive ketones (excluding diaryl/α,β-unsaturated/α-hetero) is 1. The quantitative estimate of drug-likeness (QED) is 0.468. The van der Waals surface area contributed by atoms with Gasteiger partial charge in [-0.25, -0.2) is 0 Å². The van der Waals surface area contributed by atoms with Gasteiger partial charge in [-0.2, -0.15) is 0 Å². The number of carbonyl (C=O) groups is 1. The van der Waals surface area contributed by atoms with Crippen LogP contribution in [0.5, 0.6) is 0 Å². The van der Waals surface area contributed by atoms with Crippen molar-refractivity contribution in [1.82, 2.24) is 0 Å². The average molecular weight is 182 g/mol. The van der Waals surface area contributed by atoms with Gasteiger partial charge in [0, 0.05) is 0 Å². The highest BCUT2D eigenvalue weighted by atomic mass is 16.1. The summed E-state index contributed by atoms with van der Waals surface area (Å²) in [6.07, 6.45) is 2.69. The van der Waals surface area contributed by atoms with Crippen LogP contribution in [0.25, 0.3) is 0 Å². The highest BCUT2D eigenvalue weighted by Gasteiger charge is 2.38. The number of likely N-dealkylation sites (tertiary alicyclic amines) is 1. The van der Waals surface area contributed by atoms with Gasteiger partial charge in [-0.15, -0.1) is 0 Å². The first kappa shape index (κ1) is 10.5. The maximum atomic E-state index is 11.5. The Morgan fingerprint density at radius 2 is 2.23 bits per heavy atom. The average Bonchev–Trinajstić information content (AvgIpc) is 2.02. The van der Waals surface area contributed by atoms with Crippen molar-refractivity contribution in [3.05, 3.63) is 12.7 Å². The molecule has 0 bridgehead atoms. The van der Waals surface area contributed by atoms with Crippen LogP contribution in [-0.2, 0) is 4.79 Å². The number of nitrogens with zero attached hydrogens (tertiary/aromatic N) is 1. The minimum atomic E-state index is 0.223. The van der Waals surface area contributed by atoms with E-state index in [4.69, 9.17) is 0 Å². The Morgan fingerprint density at radius 1 is 1.62 bits per heavy atom. The lowest BCUT2D eigenvalue weighted by Gasteiger charge is -2.44. The zero-order valence-corrected chi connectivity index (χ0v) is 8.92. The van der Waals surface area contributed by atoms with Gasteiger partial charge in [-0.1, -0.05) is 13.5 Å². The Labute approximate surface area is 80.8 Å². The van der Waals surface area contributed by atoms with E-state index in [2.05, 4.69) is 20.6 Å². The molecule has 1 aliphatic heterocycles. The van der Waals surface area contributed by atoms with Gasteiger partial charge in [0.25, 0.3) is 0 Å². The van der Waals surface area contributed by atoms with E-state index in [9.17, 15) is 4.79 Å². The lowest BCUT2D eigenvalue weighted by molar-refractivity contribution is -0.930. The highest BCUT2D eigenvalue weighted by Crippen LogP contribution is 2.24. The van der Waals surface area contributed by atoms with Crippen molar-refractivity contribution < 1.29 is 9.28 Å². The van der Waals surface area contributed by atoms with Gasteiger partial charge >= 0.3 is 0 Å². The molecule has 1 aliphatic rings. The smallest absolute Gasteiger partial charge is 0.147 e. The number of rotatable bonds is 2. The van der Waals surface area contributed by atoms with Gasteiger partial charge in [0.05, 0.1) is 38.5 Å². The maximum Gasteiger partial charge on any atom is 0.147 e. The van der Waals surface area contributed by atoms with Crippen molar-refractivity contribution in [3.63, 3.8) is 0 Å². The van der Waals surface area contributed by atoms with Crippen LogP contribution >= 0.6 is 0 Å². The molecule has 0 aromatic carbocycles. The predicted octanol–water partition coefficient (Wildman–Crippen LogP) is 1.62. The van der Waals surface area contributed by atoms with Crippen molar-refractivity contribution >= 4 is 5.78 Å². The molecular formula is C11H20NO+. The molecule has 1 saturated heterocycles. The summed E-state index contributed by atoms with van der Waals surface area (Å²) in [6, 6.07) is 0.446. The van der Waals surface area contributed by atoms with Crippen molar-refractivity contribution in [2.24, 2.45) is 5.92 Å². The fourth-order valence-corrected chi connectivity index (χ4v) is 2.17. The van der Waals surface area contributed by atoms with E-state index in [1.165, 1.54) is 0 Å². The Bertz CT molecular complexity index is 224. The van der Waals surface area contributed by atoms with Crippen LogP contribution in [0, 0.1) is 5.92 Å². The standard InChI is InChI=1S/C11H20NO/c1-5-6-12(4)8-9(2)11(13)7-10(12)3/h5,9-10H,1,6-8H2,2-4H3/q+1. The summed E-state index contributed by atoms with van der Waals surface area (Å²) in [5, 5.41) is 0. The summed E-state index contributed by atoms with van der Waals surface area (Å²) >= 11 is 0. The first-order valence-corrected chi connectivity index (χ1v) is 4.97. The fourth-order valence-electron chi connectivity index (χ4n) is 2.17. The molecule has 1 rings (SSSR count). The van der Waals surface area contributed by atoms with Crippen molar-refractivity contribution in [2.75, 3.05) is 20.1 Å². The van der Waals surface area contributed by atoms with Crippen LogP contribution in [-0.4, -0.2) is 36.4 Å². The molecular weight excluding hydrogens is 162 g/mol. The number of carbonyl (C=O) groups excluding carboxylic acids is 1. The minimum Gasteiger partial charge on any atom is -0.320 e. The Kier molecular flexibility index (Phi) is 2.91. The van der Waals surface area contributed by atoms with Gasteiger partial charge in [0.1, 0.15) is 5.78 Å². The van der Waals surface area contributed by atoms with Gasteiger partial charge in [-0.05, 0) is 13.0 Å². The molecule has 13 heavy (non-hydrogen) atoms. The Morgan fingerprint density at radius 3 is 2.77 bits per heavy atom. The summed E-state index contributed by atoms with van der Waals surface area (Å²) in [4.78, 5) is 11.5. The van der Waals surface area contributed by atoms with Crippen LogP contribution in [0.3, 0.4) is 0 Å². The fraction of sp³-hybridized carbons (Fsp3) is 0.727. The lowest BCUT2D eigenvalue weighted by Crippen LogP contribution is -2.58. The van der Waals surface area contributed by atoms with Crippen molar-refractivity contribution in [2.45, 2.75) is 26.3 Å². The largest absolute Gasteiger partial charge is 0.320 e. The molecule has 1 heterocycles. The van der Waals surface area contributed by atoms with E-state index in [1.54, 1.807) is 0 Å². The monoisotopic (exact) mass is 182 g/mol. The van der Waals surface area contributed by atoms with Crippen LogP contribution in [0.15, 0.2) is 12.7 Å². The van der Waals surface area contributed by atoms with Crippen LogP contribution in [0.4, 0.5) is 0 Å². The SMILES string of the molecule is C=CC[N+]1(C)CC(C)C(=O)CC1C. The van der Waals surface area contributed by atoms with Gasteiger partial charge in [-0.3, -0.25) is 4.79 Å². The van der Waals surface area contributed by atoms with Crippen molar-refractivity contribution in [3.8, 4) is 0 Å². The zero-order valence-electron chi connectivity index (χ0n) is 8.92. The summed E-state index contributed by atoms with van der Waals surface area (Å²) in [6.45, 7) is 9.91. The Hall–Kier alpha value is -0.630. The summed E-state index contributed by atoms with van der Waals surface area (Å²) in [5.41, 5.74) is 0. The second-order valence-electron chi connectivity index (χ2n) is 4.55. The molecule has 2 heteroatoms. The molecule has 0 aromatic rings. The summed E-state index contributed by atoms with van der Waals surface area (Å²) in [7, 11) is 2.22. The van der Waals surface area contributed by atoms with Crippen LogP contribution in [0.1, 0.15) is 20.3 Å². The summed E-state index contributed by atoms with van der Waals surface area (Å²) < 4.78 is 0.969. The van der Waals surface area contributed by atoms with E-state index in [1.807, 2.05) is 13.0 Å². The maximum absolute atomic E-state index is 11.5. The third kappa shape index (κ3) is 1.99. The third-order valence-electron chi connectivity index (χ3n) is 3.35. The second-order valence-corrected chi connectivity index (χ2v) is 4.55. The molecule has 1 fully saturated rings.